The Bertz CT molecular complexity index is 982. The number of amidine groups is 1. The van der Waals surface area contributed by atoms with E-state index in [1.165, 1.54) is 7.11 Å². The molecule has 3 rings (SSSR count). The van der Waals surface area contributed by atoms with Crippen molar-refractivity contribution in [1.82, 2.24) is 4.98 Å². The molecule has 0 aliphatic carbocycles. The summed E-state index contributed by atoms with van der Waals surface area (Å²) in [6, 6.07) is 14.4. The van der Waals surface area contributed by atoms with Gasteiger partial charge in [-0.05, 0) is 30.3 Å². The van der Waals surface area contributed by atoms with Gasteiger partial charge in [0.15, 0.2) is 11.4 Å². The van der Waals surface area contributed by atoms with Gasteiger partial charge in [-0.15, -0.1) is 0 Å². The van der Waals surface area contributed by atoms with Gasteiger partial charge in [0.1, 0.15) is 17.3 Å². The molecule has 1 aromatic heterocycles. The maximum Gasteiger partial charge on any atom is 0.227 e. The van der Waals surface area contributed by atoms with Crippen molar-refractivity contribution in [2.45, 2.75) is 0 Å². The number of ether oxygens (including phenoxy) is 1. The summed E-state index contributed by atoms with van der Waals surface area (Å²) in [6.45, 7) is 0. The predicted octanol–water partition coefficient (Wildman–Crippen LogP) is 2.73. The molecule has 0 unspecified atom stereocenters. The van der Waals surface area contributed by atoms with Crippen molar-refractivity contribution in [3.05, 3.63) is 42.5 Å². The van der Waals surface area contributed by atoms with E-state index in [0.29, 0.717) is 28.5 Å². The van der Waals surface area contributed by atoms with Crippen LogP contribution in [0.4, 0.5) is 5.69 Å². The first-order valence-electron chi connectivity index (χ1n) is 7.24. The molecule has 2 aromatic carbocycles. The summed E-state index contributed by atoms with van der Waals surface area (Å²) in [5, 5.41) is 20.0. The van der Waals surface area contributed by atoms with Crippen LogP contribution < -0.4 is 15.9 Å². The lowest BCUT2D eigenvalue weighted by molar-refractivity contribution is 0.416. The Hall–Kier alpha value is -3.86. The molecule has 0 amide bonds. The molecule has 0 spiro atoms. The van der Waals surface area contributed by atoms with Crippen LogP contribution in [0.15, 0.2) is 52.0 Å². The van der Waals surface area contributed by atoms with Crippen molar-refractivity contribution in [2.24, 2.45) is 10.8 Å². The van der Waals surface area contributed by atoms with Gasteiger partial charge in [0.2, 0.25) is 11.6 Å². The molecule has 0 saturated carbocycles. The zero-order chi connectivity index (χ0) is 17.8. The van der Waals surface area contributed by atoms with Gasteiger partial charge in [0, 0.05) is 5.56 Å². The largest absolute Gasteiger partial charge is 0.495 e. The molecule has 3 aromatic rings. The van der Waals surface area contributed by atoms with Crippen molar-refractivity contribution in [3.8, 4) is 23.3 Å². The Morgan fingerprint density at radius 2 is 2.16 bits per heavy atom. The smallest absolute Gasteiger partial charge is 0.227 e. The van der Waals surface area contributed by atoms with E-state index in [4.69, 9.17) is 25.6 Å². The molecule has 0 aliphatic rings. The Kier molecular flexibility index (Phi) is 4.30. The van der Waals surface area contributed by atoms with E-state index in [9.17, 15) is 0 Å². The fourth-order valence-corrected chi connectivity index (χ4v) is 2.19. The Labute approximate surface area is 143 Å². The van der Waals surface area contributed by atoms with E-state index in [2.05, 4.69) is 15.5 Å². The summed E-state index contributed by atoms with van der Waals surface area (Å²) in [5.41, 5.74) is 10.4. The van der Waals surface area contributed by atoms with Crippen molar-refractivity contribution < 1.29 is 9.15 Å². The van der Waals surface area contributed by atoms with Crippen LogP contribution >= 0.6 is 0 Å². The van der Waals surface area contributed by atoms with Crippen LogP contribution in [-0.2, 0) is 0 Å². The fourth-order valence-electron chi connectivity index (χ4n) is 2.19. The standard InChI is InChI=1S/C17H14N6O2/c1-24-14-7-6-10(8-12(14)22-23-13(9-18)16(19)20)17-21-11-4-2-3-5-15(11)25-17/h2-8,22H,1H3,(H3,19,20)/b23-13+. The number of para-hydroxylation sites is 2. The number of hydrogen-bond acceptors (Lipinski definition) is 7. The number of rotatable bonds is 5. The van der Waals surface area contributed by atoms with Crippen molar-refractivity contribution >= 4 is 28.3 Å². The number of nitrogens with one attached hydrogen (secondary N) is 2. The lowest BCUT2D eigenvalue weighted by Crippen LogP contribution is -2.21. The third-order valence-electron chi connectivity index (χ3n) is 3.39. The predicted molar refractivity (Wildman–Crippen MR) is 94.6 cm³/mol. The maximum atomic E-state index is 8.92. The quantitative estimate of drug-likeness (QED) is 0.373. The van der Waals surface area contributed by atoms with E-state index < -0.39 is 5.84 Å². The highest BCUT2D eigenvalue weighted by molar-refractivity contribution is 6.45. The summed E-state index contributed by atoms with van der Waals surface area (Å²) in [6.07, 6.45) is 0. The van der Waals surface area contributed by atoms with Gasteiger partial charge in [0.25, 0.3) is 0 Å². The second-order valence-corrected chi connectivity index (χ2v) is 5.00. The zero-order valence-electron chi connectivity index (χ0n) is 13.3. The van der Waals surface area contributed by atoms with Crippen LogP contribution in [-0.4, -0.2) is 23.6 Å². The third kappa shape index (κ3) is 3.25. The first-order chi connectivity index (χ1) is 12.1. The summed E-state index contributed by atoms with van der Waals surface area (Å²) >= 11 is 0. The van der Waals surface area contributed by atoms with E-state index in [0.717, 1.165) is 5.52 Å². The van der Waals surface area contributed by atoms with Gasteiger partial charge in [-0.3, -0.25) is 10.8 Å². The van der Waals surface area contributed by atoms with E-state index in [-0.39, 0.29) is 5.71 Å². The summed E-state index contributed by atoms with van der Waals surface area (Å²) in [4.78, 5) is 4.44. The lowest BCUT2D eigenvalue weighted by Gasteiger charge is -2.09. The number of nitriles is 1. The van der Waals surface area contributed by atoms with Crippen molar-refractivity contribution in [1.29, 1.82) is 10.7 Å². The number of hydrazone groups is 1. The van der Waals surface area contributed by atoms with Gasteiger partial charge >= 0.3 is 0 Å². The maximum absolute atomic E-state index is 8.92. The molecule has 0 fully saturated rings. The number of anilines is 1. The minimum Gasteiger partial charge on any atom is -0.495 e. The molecule has 8 nitrogen and oxygen atoms in total. The Balaban J connectivity index is 2.00. The molecular weight excluding hydrogens is 320 g/mol. The minimum atomic E-state index is -0.427. The van der Waals surface area contributed by atoms with Crippen LogP contribution in [0.1, 0.15) is 0 Å². The topological polar surface area (TPSA) is 133 Å². The second kappa shape index (κ2) is 6.72. The number of fused-ring (bicyclic) bond motifs is 1. The second-order valence-electron chi connectivity index (χ2n) is 5.00. The van der Waals surface area contributed by atoms with Crippen LogP contribution in [0.2, 0.25) is 0 Å². The normalized spacial score (nSPS) is 11.1. The first kappa shape index (κ1) is 16.0. The van der Waals surface area contributed by atoms with Crippen molar-refractivity contribution in [3.63, 3.8) is 0 Å². The number of nitrogens with zero attached hydrogens (tertiary/aromatic N) is 3. The third-order valence-corrected chi connectivity index (χ3v) is 3.39. The van der Waals surface area contributed by atoms with Crippen molar-refractivity contribution in [2.75, 3.05) is 12.5 Å². The monoisotopic (exact) mass is 334 g/mol. The highest BCUT2D eigenvalue weighted by atomic mass is 16.5. The molecule has 0 saturated heterocycles. The van der Waals surface area contributed by atoms with Crippen LogP contribution in [0, 0.1) is 16.7 Å². The fraction of sp³-hybridized carbons (Fsp3) is 0.0588. The number of aromatic nitrogens is 1. The highest BCUT2D eigenvalue weighted by Gasteiger charge is 2.12. The molecule has 1 heterocycles. The van der Waals surface area contributed by atoms with E-state index in [1.54, 1.807) is 24.3 Å². The molecule has 124 valence electrons. The highest BCUT2D eigenvalue weighted by Crippen LogP contribution is 2.31. The summed E-state index contributed by atoms with van der Waals surface area (Å²) < 4.78 is 11.0. The molecule has 8 heteroatoms. The SMILES string of the molecule is COc1ccc(-c2nc3ccccc3o2)cc1N/N=C(\C#N)C(=N)N. The Morgan fingerprint density at radius 3 is 2.84 bits per heavy atom. The zero-order valence-corrected chi connectivity index (χ0v) is 13.3. The van der Waals surface area contributed by atoms with Crippen LogP contribution in [0.5, 0.6) is 5.75 Å². The number of benzene rings is 2. The molecule has 0 atom stereocenters. The van der Waals surface area contributed by atoms with Crippen LogP contribution in [0.25, 0.3) is 22.6 Å². The first-order valence-corrected chi connectivity index (χ1v) is 7.24. The summed E-state index contributed by atoms with van der Waals surface area (Å²) in [7, 11) is 1.51. The molecule has 4 N–H and O–H groups in total. The average Bonchev–Trinajstić information content (AvgIpc) is 3.06. The van der Waals surface area contributed by atoms with Gasteiger partial charge in [-0.1, -0.05) is 12.1 Å². The van der Waals surface area contributed by atoms with Gasteiger partial charge in [-0.25, -0.2) is 4.98 Å². The van der Waals surface area contributed by atoms with E-state index >= 15 is 0 Å². The molecule has 25 heavy (non-hydrogen) atoms. The molecular formula is C17H14N6O2. The minimum absolute atomic E-state index is 0.227. The average molecular weight is 334 g/mol. The molecule has 0 aliphatic heterocycles. The molecule has 0 bridgehead atoms. The number of nitrogens with two attached hydrogens (primary N) is 1. The van der Waals surface area contributed by atoms with E-state index in [1.807, 2.05) is 24.3 Å². The number of oxazole rings is 1. The van der Waals surface area contributed by atoms with Gasteiger partial charge < -0.3 is 14.9 Å². The van der Waals surface area contributed by atoms with Gasteiger partial charge in [0.05, 0.1) is 12.8 Å². The number of methoxy groups -OCH3 is 1. The summed E-state index contributed by atoms with van der Waals surface area (Å²) in [5.74, 6) is 0.525. The lowest BCUT2D eigenvalue weighted by atomic mass is 10.2. The molecule has 0 radical (unpaired) electrons. The number of hydrogen-bond donors (Lipinski definition) is 3. The van der Waals surface area contributed by atoms with Crippen LogP contribution in [0.3, 0.4) is 0 Å². The van der Waals surface area contributed by atoms with Gasteiger partial charge in [-0.2, -0.15) is 10.4 Å². The Morgan fingerprint density at radius 1 is 1.36 bits per heavy atom.